The Morgan fingerprint density at radius 3 is 2.94 bits per heavy atom. The molecule has 0 amide bonds. The molecule has 0 aromatic carbocycles. The summed E-state index contributed by atoms with van der Waals surface area (Å²) in [4.78, 5) is 7.02. The monoisotopic (exact) mass is 272 g/mol. The second kappa shape index (κ2) is 5.90. The van der Waals surface area contributed by atoms with Crippen molar-refractivity contribution in [3.8, 4) is 0 Å². The molecule has 0 aliphatic carbocycles. The van der Waals surface area contributed by atoms with Gasteiger partial charge in [-0.25, -0.2) is 0 Å². The molecule has 7 nitrogen and oxygen atoms in total. The number of rotatable bonds is 4. The van der Waals surface area contributed by atoms with Gasteiger partial charge in [-0.1, -0.05) is 30.2 Å². The predicted octanol–water partition coefficient (Wildman–Crippen LogP) is 1.06. The summed E-state index contributed by atoms with van der Waals surface area (Å²) in [5.74, 6) is 0. The lowest BCUT2D eigenvalue weighted by molar-refractivity contribution is -0.148. The molecule has 0 aromatic rings. The van der Waals surface area contributed by atoms with Gasteiger partial charge in [-0.05, 0) is 12.0 Å². The van der Waals surface area contributed by atoms with Gasteiger partial charge in [-0.15, -0.1) is 0 Å². The van der Waals surface area contributed by atoms with Crippen molar-refractivity contribution in [3.05, 3.63) is 10.4 Å². The first-order valence-corrected chi connectivity index (χ1v) is 6.81. The van der Waals surface area contributed by atoms with Gasteiger partial charge in [0, 0.05) is 4.91 Å². The third-order valence-electron chi connectivity index (χ3n) is 3.00. The normalized spacial score (nSPS) is 38.8. The summed E-state index contributed by atoms with van der Waals surface area (Å²) in [6.07, 6.45) is -0.871. The molecule has 2 N–H and O–H groups in total. The molecule has 5 atom stereocenters. The molecule has 0 aromatic heterocycles. The molecule has 2 aliphatic rings. The fourth-order valence-electron chi connectivity index (χ4n) is 2.09. The maximum Gasteiger partial charge on any atom is 0.134 e. The van der Waals surface area contributed by atoms with E-state index in [1.807, 2.05) is 0 Å². The molecular weight excluding hydrogens is 256 g/mol. The van der Waals surface area contributed by atoms with E-state index in [2.05, 4.69) is 21.9 Å². The van der Waals surface area contributed by atoms with E-state index in [-0.39, 0.29) is 12.0 Å². The number of hydrogen-bond donors (Lipinski definition) is 2. The quantitative estimate of drug-likeness (QED) is 0.452. The van der Waals surface area contributed by atoms with Gasteiger partial charge >= 0.3 is 0 Å². The number of nitrogens with zero attached hydrogens (tertiary/aromatic N) is 4. The Morgan fingerprint density at radius 2 is 2.28 bits per heavy atom. The Balaban J connectivity index is 2.06. The van der Waals surface area contributed by atoms with Crippen LogP contribution in [0.2, 0.25) is 0 Å². The van der Waals surface area contributed by atoms with Crippen molar-refractivity contribution in [2.75, 3.05) is 6.54 Å². The van der Waals surface area contributed by atoms with Crippen molar-refractivity contribution >= 4 is 16.8 Å². The van der Waals surface area contributed by atoms with Gasteiger partial charge < -0.3 is 14.9 Å². The number of thioether (sulfide) groups is 1. The lowest BCUT2D eigenvalue weighted by Gasteiger charge is -2.37. The van der Waals surface area contributed by atoms with Crippen LogP contribution in [0.4, 0.5) is 0 Å². The first kappa shape index (κ1) is 13.6. The van der Waals surface area contributed by atoms with Crippen LogP contribution in [0.3, 0.4) is 0 Å². The van der Waals surface area contributed by atoms with E-state index in [9.17, 15) is 10.2 Å². The van der Waals surface area contributed by atoms with Crippen LogP contribution in [0.5, 0.6) is 0 Å². The number of ether oxygens (including phenoxy) is 1. The van der Waals surface area contributed by atoms with E-state index < -0.39 is 24.4 Å². The SMILES string of the molecule is CCCC1=N[C@@H]2[C@@H](O)[C@H](O)[C@@H](CN=[N+]=[N-])O[C@@H]2S1. The number of hydrogen-bond acceptors (Lipinski definition) is 6. The Morgan fingerprint density at radius 1 is 1.50 bits per heavy atom. The summed E-state index contributed by atoms with van der Waals surface area (Å²) in [6.45, 7) is 2.07. The molecule has 0 radical (unpaired) electrons. The zero-order chi connectivity index (χ0) is 13.1. The summed E-state index contributed by atoms with van der Waals surface area (Å²) in [6, 6.07) is -0.422. The molecule has 8 heteroatoms. The molecule has 1 saturated heterocycles. The Kier molecular flexibility index (Phi) is 4.47. The van der Waals surface area contributed by atoms with E-state index in [1.165, 1.54) is 11.8 Å². The van der Waals surface area contributed by atoms with Gasteiger partial charge in [0.25, 0.3) is 0 Å². The van der Waals surface area contributed by atoms with Crippen LogP contribution in [-0.2, 0) is 4.74 Å². The average Bonchev–Trinajstić information content (AvgIpc) is 2.75. The van der Waals surface area contributed by atoms with E-state index in [4.69, 9.17) is 10.3 Å². The van der Waals surface area contributed by atoms with Crippen LogP contribution in [0, 0.1) is 0 Å². The number of aliphatic hydroxyl groups excluding tert-OH is 2. The third-order valence-corrected chi connectivity index (χ3v) is 4.21. The number of aliphatic imine (C=N–C) groups is 1. The molecule has 18 heavy (non-hydrogen) atoms. The molecule has 2 aliphatic heterocycles. The minimum Gasteiger partial charge on any atom is -0.388 e. The number of aliphatic hydroxyl groups is 2. The summed E-state index contributed by atoms with van der Waals surface area (Å²) >= 11 is 1.48. The van der Waals surface area contributed by atoms with E-state index in [0.717, 1.165) is 17.9 Å². The second-order valence-electron chi connectivity index (χ2n) is 4.32. The van der Waals surface area contributed by atoms with Crippen LogP contribution < -0.4 is 0 Å². The second-order valence-corrected chi connectivity index (χ2v) is 5.49. The standard InChI is InChI=1S/C10H16N4O3S/c1-2-3-6-13-7-9(16)8(15)5(4-12-14-11)17-10(7)18-6/h5,7-10,15-16H,2-4H2,1H3/t5-,7-,8-,9-,10-/m1/s1. The Labute approximate surface area is 109 Å². The van der Waals surface area contributed by atoms with Crippen molar-refractivity contribution in [2.45, 2.75) is 49.6 Å². The van der Waals surface area contributed by atoms with Crippen LogP contribution >= 0.6 is 11.8 Å². The van der Waals surface area contributed by atoms with Crippen molar-refractivity contribution in [2.24, 2.45) is 10.1 Å². The average molecular weight is 272 g/mol. The fourth-order valence-corrected chi connectivity index (χ4v) is 3.42. The van der Waals surface area contributed by atoms with Gasteiger partial charge in [0.2, 0.25) is 0 Å². The van der Waals surface area contributed by atoms with Crippen molar-refractivity contribution in [1.82, 2.24) is 0 Å². The van der Waals surface area contributed by atoms with E-state index in [1.54, 1.807) is 0 Å². The summed E-state index contributed by atoms with van der Waals surface area (Å²) in [7, 11) is 0. The molecule has 0 unspecified atom stereocenters. The van der Waals surface area contributed by atoms with Gasteiger partial charge in [0.15, 0.2) is 0 Å². The topological polar surface area (TPSA) is 111 Å². The van der Waals surface area contributed by atoms with E-state index in [0.29, 0.717) is 0 Å². The summed E-state index contributed by atoms with van der Waals surface area (Å²) in [5, 5.41) is 24.2. The molecule has 0 bridgehead atoms. The summed E-state index contributed by atoms with van der Waals surface area (Å²) < 4.78 is 5.65. The Hall–Kier alpha value is -0.790. The van der Waals surface area contributed by atoms with Gasteiger partial charge in [-0.2, -0.15) is 0 Å². The molecular formula is C10H16N4O3S. The first-order chi connectivity index (χ1) is 8.67. The lowest BCUT2D eigenvalue weighted by atomic mass is 9.98. The van der Waals surface area contributed by atoms with Gasteiger partial charge in [0.05, 0.1) is 17.7 Å². The number of azide groups is 1. The third kappa shape index (κ3) is 2.62. The fraction of sp³-hybridized carbons (Fsp3) is 0.900. The molecule has 100 valence electrons. The zero-order valence-corrected chi connectivity index (χ0v) is 10.8. The van der Waals surface area contributed by atoms with Gasteiger partial charge in [-0.3, -0.25) is 4.99 Å². The minimum atomic E-state index is -1.07. The number of fused-ring (bicyclic) bond motifs is 1. The molecule has 1 fully saturated rings. The lowest BCUT2D eigenvalue weighted by Crippen LogP contribution is -2.55. The molecule has 2 rings (SSSR count). The van der Waals surface area contributed by atoms with Crippen LogP contribution in [-0.4, -0.2) is 51.6 Å². The first-order valence-electron chi connectivity index (χ1n) is 5.93. The van der Waals surface area contributed by atoms with Gasteiger partial charge in [0.1, 0.15) is 23.7 Å². The maximum absolute atomic E-state index is 10.0. The largest absolute Gasteiger partial charge is 0.388 e. The minimum absolute atomic E-state index is 0.0155. The highest BCUT2D eigenvalue weighted by Crippen LogP contribution is 2.37. The van der Waals surface area contributed by atoms with Crippen molar-refractivity contribution in [3.63, 3.8) is 0 Å². The van der Waals surface area contributed by atoms with Crippen molar-refractivity contribution < 1.29 is 14.9 Å². The molecule has 2 heterocycles. The highest BCUT2D eigenvalue weighted by Gasteiger charge is 2.47. The molecule has 0 spiro atoms. The highest BCUT2D eigenvalue weighted by atomic mass is 32.2. The van der Waals surface area contributed by atoms with Crippen LogP contribution in [0.15, 0.2) is 10.1 Å². The maximum atomic E-state index is 10.0. The highest BCUT2D eigenvalue weighted by molar-refractivity contribution is 8.14. The molecule has 0 saturated carbocycles. The zero-order valence-electron chi connectivity index (χ0n) is 10.0. The predicted molar refractivity (Wildman–Crippen MR) is 68.4 cm³/mol. The smallest absolute Gasteiger partial charge is 0.134 e. The van der Waals surface area contributed by atoms with Crippen LogP contribution in [0.25, 0.3) is 10.4 Å². The Bertz CT molecular complexity index is 385. The van der Waals surface area contributed by atoms with E-state index >= 15 is 0 Å². The van der Waals surface area contributed by atoms with Crippen LogP contribution in [0.1, 0.15) is 19.8 Å². The summed E-state index contributed by atoms with van der Waals surface area (Å²) in [5.41, 5.74) is 7.99. The van der Waals surface area contributed by atoms with Crippen molar-refractivity contribution in [1.29, 1.82) is 0 Å².